The predicted molar refractivity (Wildman–Crippen MR) is 112 cm³/mol. The van der Waals surface area contributed by atoms with Crippen molar-refractivity contribution in [2.45, 2.75) is 11.8 Å². The number of halogens is 1. The number of aromatic nitrogens is 3. The summed E-state index contributed by atoms with van der Waals surface area (Å²) in [5.41, 5.74) is 0.693. The van der Waals surface area contributed by atoms with E-state index in [4.69, 9.17) is 4.74 Å². The Bertz CT molecular complexity index is 1400. The fraction of sp³-hybridized carbons (Fsp3) is 0.0952. The summed E-state index contributed by atoms with van der Waals surface area (Å²) in [5, 5.41) is 0.306. The van der Waals surface area contributed by atoms with Crippen molar-refractivity contribution in [3.8, 4) is 5.88 Å². The Morgan fingerprint density at radius 2 is 1.84 bits per heavy atom. The zero-order chi connectivity index (χ0) is 22.2. The number of fused-ring (bicyclic) bond motifs is 1. The minimum atomic E-state index is -4.04. The number of aryl methyl sites for hydroxylation is 1. The van der Waals surface area contributed by atoms with E-state index in [1.807, 2.05) is 6.92 Å². The Labute approximate surface area is 177 Å². The average molecular weight is 440 g/mol. The summed E-state index contributed by atoms with van der Waals surface area (Å²) >= 11 is 0. The SMILES string of the molecule is COc1ncnc2[nH]cc(C(=O)c3cccc(NS(=O)(=O)c4ccc(C)cc4)c3F)c12. The van der Waals surface area contributed by atoms with Crippen molar-refractivity contribution < 1.29 is 22.3 Å². The van der Waals surface area contributed by atoms with Gasteiger partial charge in [0, 0.05) is 6.20 Å². The molecule has 8 nitrogen and oxygen atoms in total. The van der Waals surface area contributed by atoms with Crippen LogP contribution in [0.25, 0.3) is 11.0 Å². The lowest BCUT2D eigenvalue weighted by Gasteiger charge is -2.11. The molecule has 0 aliphatic rings. The van der Waals surface area contributed by atoms with Gasteiger partial charge in [-0.1, -0.05) is 23.8 Å². The average Bonchev–Trinajstić information content (AvgIpc) is 3.19. The number of carbonyl (C=O) groups is 1. The van der Waals surface area contributed by atoms with E-state index in [2.05, 4.69) is 19.7 Å². The number of rotatable bonds is 6. The van der Waals surface area contributed by atoms with Gasteiger partial charge in [-0.15, -0.1) is 0 Å². The molecular formula is C21H17FN4O4S. The predicted octanol–water partition coefficient (Wildman–Crippen LogP) is 3.45. The maximum Gasteiger partial charge on any atom is 0.261 e. The molecule has 0 amide bonds. The number of anilines is 1. The summed E-state index contributed by atoms with van der Waals surface area (Å²) in [5.74, 6) is -1.51. The number of nitrogens with one attached hydrogen (secondary N) is 2. The summed E-state index contributed by atoms with van der Waals surface area (Å²) in [4.78, 5) is 23.9. The first-order chi connectivity index (χ1) is 14.8. The molecule has 0 bridgehead atoms. The number of ether oxygens (including phenoxy) is 1. The second kappa shape index (κ2) is 7.80. The molecule has 0 aliphatic carbocycles. The molecule has 2 heterocycles. The van der Waals surface area contributed by atoms with Gasteiger partial charge in [0.1, 0.15) is 12.0 Å². The summed E-state index contributed by atoms with van der Waals surface area (Å²) in [6.45, 7) is 1.82. The van der Waals surface area contributed by atoms with Crippen LogP contribution in [0, 0.1) is 12.7 Å². The molecule has 0 fully saturated rings. The maximum atomic E-state index is 15.2. The first kappa shape index (κ1) is 20.5. The summed E-state index contributed by atoms with van der Waals surface area (Å²) < 4.78 is 47.8. The Kier molecular flexibility index (Phi) is 5.15. The number of benzene rings is 2. The van der Waals surface area contributed by atoms with Crippen molar-refractivity contribution in [3.05, 3.63) is 77.5 Å². The highest BCUT2D eigenvalue weighted by molar-refractivity contribution is 7.92. The molecule has 0 aliphatic heterocycles. The van der Waals surface area contributed by atoms with Gasteiger partial charge < -0.3 is 9.72 Å². The molecule has 158 valence electrons. The van der Waals surface area contributed by atoms with Gasteiger partial charge in [-0.2, -0.15) is 0 Å². The third-order valence-corrected chi connectivity index (χ3v) is 6.07. The molecule has 0 saturated carbocycles. The monoisotopic (exact) mass is 440 g/mol. The number of aromatic amines is 1. The van der Waals surface area contributed by atoms with Crippen molar-refractivity contribution in [3.63, 3.8) is 0 Å². The van der Waals surface area contributed by atoms with Crippen LogP contribution in [0.2, 0.25) is 0 Å². The van der Waals surface area contributed by atoms with Crippen LogP contribution in [0.3, 0.4) is 0 Å². The highest BCUT2D eigenvalue weighted by atomic mass is 32.2. The minimum absolute atomic E-state index is 0.0206. The first-order valence-corrected chi connectivity index (χ1v) is 10.6. The molecule has 31 heavy (non-hydrogen) atoms. The quantitative estimate of drug-likeness (QED) is 0.444. The Morgan fingerprint density at radius 3 is 2.55 bits per heavy atom. The van der Waals surface area contributed by atoms with Crippen LogP contribution >= 0.6 is 0 Å². The van der Waals surface area contributed by atoms with E-state index in [1.165, 1.54) is 50.0 Å². The third kappa shape index (κ3) is 3.73. The smallest absolute Gasteiger partial charge is 0.261 e. The normalized spacial score (nSPS) is 11.5. The summed E-state index contributed by atoms with van der Waals surface area (Å²) in [6, 6.07) is 10.0. The van der Waals surface area contributed by atoms with Crippen molar-refractivity contribution >= 4 is 32.5 Å². The number of hydrogen-bond acceptors (Lipinski definition) is 6. The Balaban J connectivity index is 1.73. The van der Waals surface area contributed by atoms with Crippen LogP contribution in [-0.2, 0) is 10.0 Å². The van der Waals surface area contributed by atoms with E-state index in [-0.39, 0.29) is 27.6 Å². The minimum Gasteiger partial charge on any atom is -0.480 e. The lowest BCUT2D eigenvalue weighted by molar-refractivity contribution is 0.103. The standard InChI is InChI=1S/C21H17FN4O4S/c1-12-6-8-13(9-7-12)31(28,29)26-16-5-3-4-14(18(16)22)19(27)15-10-23-20-17(15)21(30-2)25-11-24-20/h3-11,26H,1-2H3,(H,23,24,25). The van der Waals surface area contributed by atoms with Crippen molar-refractivity contribution in [1.82, 2.24) is 15.0 Å². The van der Waals surface area contributed by atoms with E-state index in [0.29, 0.717) is 11.0 Å². The zero-order valence-corrected chi connectivity index (χ0v) is 17.3. The van der Waals surface area contributed by atoms with E-state index in [9.17, 15) is 13.2 Å². The Hall–Kier alpha value is -3.79. The molecule has 0 unspecified atom stereocenters. The van der Waals surface area contributed by atoms with Crippen LogP contribution < -0.4 is 9.46 Å². The van der Waals surface area contributed by atoms with E-state index < -0.39 is 21.6 Å². The third-order valence-electron chi connectivity index (χ3n) is 4.69. The molecule has 0 atom stereocenters. The second-order valence-corrected chi connectivity index (χ2v) is 8.41. The number of methoxy groups -OCH3 is 1. The van der Waals surface area contributed by atoms with E-state index in [0.717, 1.165) is 5.56 Å². The fourth-order valence-electron chi connectivity index (χ4n) is 3.12. The molecule has 0 saturated heterocycles. The van der Waals surface area contributed by atoms with Crippen molar-refractivity contribution in [2.75, 3.05) is 11.8 Å². The number of hydrogen-bond donors (Lipinski definition) is 2. The molecule has 2 aromatic heterocycles. The van der Waals surface area contributed by atoms with Crippen molar-refractivity contribution in [1.29, 1.82) is 0 Å². The highest BCUT2D eigenvalue weighted by Crippen LogP contribution is 2.29. The largest absolute Gasteiger partial charge is 0.480 e. The van der Waals surface area contributed by atoms with Gasteiger partial charge in [0.25, 0.3) is 10.0 Å². The van der Waals surface area contributed by atoms with E-state index >= 15 is 4.39 Å². The lowest BCUT2D eigenvalue weighted by atomic mass is 10.0. The molecule has 2 aromatic carbocycles. The molecule has 4 aromatic rings. The molecule has 2 N–H and O–H groups in total. The number of ketones is 1. The molecule has 4 rings (SSSR count). The second-order valence-electron chi connectivity index (χ2n) is 6.72. The molecule has 0 radical (unpaired) electrons. The lowest BCUT2D eigenvalue weighted by Crippen LogP contribution is -2.15. The van der Waals surface area contributed by atoms with Gasteiger partial charge >= 0.3 is 0 Å². The van der Waals surface area contributed by atoms with Gasteiger partial charge in [-0.3, -0.25) is 9.52 Å². The highest BCUT2D eigenvalue weighted by Gasteiger charge is 2.24. The maximum absolute atomic E-state index is 15.2. The first-order valence-electron chi connectivity index (χ1n) is 9.10. The van der Waals surface area contributed by atoms with Gasteiger partial charge in [0.15, 0.2) is 11.6 Å². The number of H-pyrrole nitrogens is 1. The number of sulfonamides is 1. The van der Waals surface area contributed by atoms with Gasteiger partial charge in [0.05, 0.1) is 34.2 Å². The molecule has 10 heteroatoms. The van der Waals surface area contributed by atoms with Gasteiger partial charge in [-0.05, 0) is 31.2 Å². The summed E-state index contributed by atoms with van der Waals surface area (Å²) in [7, 11) is -2.65. The van der Waals surface area contributed by atoms with Crippen LogP contribution in [-0.4, -0.2) is 36.3 Å². The molecule has 0 spiro atoms. The van der Waals surface area contributed by atoms with Crippen LogP contribution in [0.4, 0.5) is 10.1 Å². The molecular weight excluding hydrogens is 423 g/mol. The van der Waals surface area contributed by atoms with Crippen molar-refractivity contribution in [2.24, 2.45) is 0 Å². The van der Waals surface area contributed by atoms with E-state index in [1.54, 1.807) is 12.1 Å². The topological polar surface area (TPSA) is 114 Å². The summed E-state index contributed by atoms with van der Waals surface area (Å²) in [6.07, 6.45) is 2.65. The van der Waals surface area contributed by atoms with Crippen LogP contribution in [0.5, 0.6) is 5.88 Å². The zero-order valence-electron chi connectivity index (χ0n) is 16.5. The number of nitrogens with zero attached hydrogens (tertiary/aromatic N) is 2. The number of carbonyl (C=O) groups excluding carboxylic acids is 1. The fourth-order valence-corrected chi connectivity index (χ4v) is 4.18. The van der Waals surface area contributed by atoms with Gasteiger partial charge in [0.2, 0.25) is 5.88 Å². The van der Waals surface area contributed by atoms with Crippen LogP contribution in [0.15, 0.2) is 59.9 Å². The van der Waals surface area contributed by atoms with Gasteiger partial charge in [-0.25, -0.2) is 22.8 Å². The Morgan fingerprint density at radius 1 is 1.10 bits per heavy atom. The van der Waals surface area contributed by atoms with Crippen LogP contribution in [0.1, 0.15) is 21.5 Å².